The van der Waals surface area contributed by atoms with Gasteiger partial charge in [0.05, 0.1) is 16.4 Å². The average Bonchev–Trinajstić information content (AvgIpc) is 2.53. The summed E-state index contributed by atoms with van der Waals surface area (Å²) in [4.78, 5) is 27.7. The van der Waals surface area contributed by atoms with Crippen molar-refractivity contribution < 1.29 is 9.66 Å². The number of nitrogens with two attached hydrogens (primary N) is 1. The molecule has 1 aliphatic rings. The summed E-state index contributed by atoms with van der Waals surface area (Å²) in [5, 5.41) is 20.2. The number of ether oxygens (including phenoxy) is 1. The van der Waals surface area contributed by atoms with E-state index in [0.29, 0.717) is 5.56 Å². The van der Waals surface area contributed by atoms with E-state index >= 15 is 0 Å². The number of allylic oxidation sites excluding steroid dienone is 1. The third-order valence-corrected chi connectivity index (χ3v) is 3.76. The molecule has 0 amide bonds. The highest BCUT2D eigenvalue weighted by molar-refractivity contribution is 7.71. The van der Waals surface area contributed by atoms with Crippen molar-refractivity contribution in [2.75, 3.05) is 0 Å². The first-order valence-corrected chi connectivity index (χ1v) is 7.01. The number of nitro groups is 1. The summed E-state index contributed by atoms with van der Waals surface area (Å²) in [6.07, 6.45) is 0. The van der Waals surface area contributed by atoms with E-state index in [4.69, 9.17) is 22.7 Å². The number of nitrogens with one attached hydrogen (secondary N) is 2. The predicted molar refractivity (Wildman–Crippen MR) is 84.6 cm³/mol. The molecule has 1 atom stereocenters. The third-order valence-electron chi connectivity index (χ3n) is 3.56. The minimum Gasteiger partial charge on any atom is -0.424 e. The maximum Gasteiger partial charge on any atom is 0.269 e. The van der Waals surface area contributed by atoms with Gasteiger partial charge in [0.1, 0.15) is 11.6 Å². The van der Waals surface area contributed by atoms with Crippen LogP contribution in [0.25, 0.3) is 0 Å². The molecule has 10 heteroatoms. The second-order valence-corrected chi connectivity index (χ2v) is 5.33. The van der Waals surface area contributed by atoms with Crippen molar-refractivity contribution in [3.63, 3.8) is 0 Å². The van der Waals surface area contributed by atoms with Crippen LogP contribution in [0.2, 0.25) is 0 Å². The highest BCUT2D eigenvalue weighted by Crippen LogP contribution is 2.39. The molecule has 9 nitrogen and oxygen atoms in total. The summed E-state index contributed by atoms with van der Waals surface area (Å²) >= 11 is 4.89. The van der Waals surface area contributed by atoms with E-state index in [1.54, 1.807) is 0 Å². The summed E-state index contributed by atoms with van der Waals surface area (Å²) in [6, 6.07) is 7.42. The van der Waals surface area contributed by atoms with Gasteiger partial charge in [-0.1, -0.05) is 12.1 Å². The lowest BCUT2D eigenvalue weighted by atomic mass is 9.85. The number of hydrogen-bond donors (Lipinski definition) is 3. The molecule has 24 heavy (non-hydrogen) atoms. The molecule has 2 heterocycles. The van der Waals surface area contributed by atoms with Gasteiger partial charge in [0.15, 0.2) is 4.77 Å². The van der Waals surface area contributed by atoms with Gasteiger partial charge in [-0.2, -0.15) is 5.26 Å². The van der Waals surface area contributed by atoms with Gasteiger partial charge in [-0.05, 0) is 17.8 Å². The monoisotopic (exact) mass is 343 g/mol. The standard InChI is InChI=1S/C14H9N5O4S/c15-5-8-9(6-1-3-7(4-2-6)19(21)22)10-12(20)17-14(24)18-13(10)23-11(8)16/h1-4,9H,16H2,(H2,17,18,20,24)/t9-/m1/s1. The molecule has 0 radical (unpaired) electrons. The maximum absolute atomic E-state index is 12.3. The number of rotatable bonds is 2. The third kappa shape index (κ3) is 2.42. The summed E-state index contributed by atoms with van der Waals surface area (Å²) in [5.41, 5.74) is 5.78. The van der Waals surface area contributed by atoms with Gasteiger partial charge in [-0.15, -0.1) is 0 Å². The first-order chi connectivity index (χ1) is 11.4. The van der Waals surface area contributed by atoms with E-state index in [1.807, 2.05) is 6.07 Å². The molecule has 4 N–H and O–H groups in total. The van der Waals surface area contributed by atoms with Crippen LogP contribution in [0, 0.1) is 26.2 Å². The predicted octanol–water partition coefficient (Wildman–Crippen LogP) is 1.56. The SMILES string of the molecule is N#CC1=C(N)Oc2[nH]c(=S)[nH]c(=O)c2[C@@H]1c1ccc([N+](=O)[O-])cc1. The Morgan fingerprint density at radius 2 is 2.00 bits per heavy atom. The fourth-order valence-corrected chi connectivity index (χ4v) is 2.70. The van der Waals surface area contributed by atoms with Crippen molar-refractivity contribution >= 4 is 17.9 Å². The molecule has 0 aliphatic carbocycles. The summed E-state index contributed by atoms with van der Waals surface area (Å²) in [5.74, 6) is -0.941. The first kappa shape index (κ1) is 15.4. The molecule has 2 aromatic rings. The largest absolute Gasteiger partial charge is 0.424 e. The number of aromatic nitrogens is 2. The van der Waals surface area contributed by atoms with Crippen LogP contribution in [0.1, 0.15) is 17.0 Å². The molecule has 0 spiro atoms. The van der Waals surface area contributed by atoms with E-state index in [2.05, 4.69) is 9.97 Å². The molecular weight excluding hydrogens is 334 g/mol. The maximum atomic E-state index is 12.3. The Morgan fingerprint density at radius 3 is 2.58 bits per heavy atom. The molecule has 0 saturated heterocycles. The minimum absolute atomic E-state index is 0.0346. The Labute approximate surface area is 139 Å². The van der Waals surface area contributed by atoms with Crippen molar-refractivity contribution in [2.45, 2.75) is 5.92 Å². The highest BCUT2D eigenvalue weighted by atomic mass is 32.1. The number of nitrogens with zero attached hydrogens (tertiary/aromatic N) is 2. The zero-order valence-electron chi connectivity index (χ0n) is 11.9. The van der Waals surface area contributed by atoms with Gasteiger partial charge in [-0.25, -0.2) is 0 Å². The fraction of sp³-hybridized carbons (Fsp3) is 0.0714. The lowest BCUT2D eigenvalue weighted by molar-refractivity contribution is -0.384. The second-order valence-electron chi connectivity index (χ2n) is 4.92. The zero-order valence-corrected chi connectivity index (χ0v) is 12.7. The van der Waals surface area contributed by atoms with E-state index in [0.717, 1.165) is 0 Å². The summed E-state index contributed by atoms with van der Waals surface area (Å²) < 4.78 is 5.35. The van der Waals surface area contributed by atoms with E-state index in [-0.39, 0.29) is 33.4 Å². The number of hydrogen-bond acceptors (Lipinski definition) is 7. The van der Waals surface area contributed by atoms with Crippen LogP contribution in [0.3, 0.4) is 0 Å². The zero-order chi connectivity index (χ0) is 17.4. The Balaban J connectivity index is 2.25. The van der Waals surface area contributed by atoms with Crippen LogP contribution in [0.4, 0.5) is 5.69 Å². The molecule has 3 rings (SSSR count). The number of H-pyrrole nitrogens is 2. The van der Waals surface area contributed by atoms with Crippen LogP contribution >= 0.6 is 12.2 Å². The normalized spacial score (nSPS) is 16.0. The lowest BCUT2D eigenvalue weighted by Crippen LogP contribution is -2.28. The first-order valence-electron chi connectivity index (χ1n) is 6.60. The van der Waals surface area contributed by atoms with E-state index < -0.39 is 16.4 Å². The Morgan fingerprint density at radius 1 is 1.33 bits per heavy atom. The quantitative estimate of drug-likeness (QED) is 0.425. The Bertz CT molecular complexity index is 1030. The average molecular weight is 343 g/mol. The minimum atomic E-state index is -0.824. The summed E-state index contributed by atoms with van der Waals surface area (Å²) in [7, 11) is 0. The second kappa shape index (κ2) is 5.64. The molecule has 0 bridgehead atoms. The molecule has 1 aliphatic heterocycles. The Hall–Kier alpha value is -3.45. The van der Waals surface area contributed by atoms with Crippen LogP contribution in [-0.2, 0) is 0 Å². The van der Waals surface area contributed by atoms with Crippen LogP contribution < -0.4 is 16.0 Å². The summed E-state index contributed by atoms with van der Waals surface area (Å²) in [6.45, 7) is 0. The number of aromatic amines is 2. The van der Waals surface area contributed by atoms with Crippen molar-refractivity contribution in [1.82, 2.24) is 9.97 Å². The number of nitro benzene ring substituents is 1. The van der Waals surface area contributed by atoms with Crippen LogP contribution in [0.15, 0.2) is 40.5 Å². The van der Waals surface area contributed by atoms with Gasteiger partial charge in [0, 0.05) is 12.1 Å². The smallest absolute Gasteiger partial charge is 0.269 e. The molecule has 0 fully saturated rings. The topological polar surface area (TPSA) is 151 Å². The van der Waals surface area contributed by atoms with Gasteiger partial charge in [0.2, 0.25) is 11.8 Å². The number of benzene rings is 1. The van der Waals surface area contributed by atoms with E-state index in [9.17, 15) is 20.2 Å². The molecule has 120 valence electrons. The van der Waals surface area contributed by atoms with Gasteiger partial charge in [-0.3, -0.25) is 19.9 Å². The Kier molecular flexibility index (Phi) is 3.63. The van der Waals surface area contributed by atoms with Crippen LogP contribution in [-0.4, -0.2) is 14.9 Å². The number of non-ortho nitro benzene ring substituents is 1. The molecule has 1 aromatic carbocycles. The number of fused-ring (bicyclic) bond motifs is 1. The van der Waals surface area contributed by atoms with Crippen LogP contribution in [0.5, 0.6) is 5.88 Å². The van der Waals surface area contributed by atoms with Crippen molar-refractivity contribution in [1.29, 1.82) is 5.26 Å². The molecule has 0 saturated carbocycles. The van der Waals surface area contributed by atoms with Gasteiger partial charge >= 0.3 is 0 Å². The molecule has 1 aromatic heterocycles. The van der Waals surface area contributed by atoms with Gasteiger partial charge < -0.3 is 15.5 Å². The van der Waals surface area contributed by atoms with E-state index in [1.165, 1.54) is 24.3 Å². The fourth-order valence-electron chi connectivity index (χ4n) is 2.51. The lowest BCUT2D eigenvalue weighted by Gasteiger charge is -2.24. The number of nitriles is 1. The molecule has 0 unspecified atom stereocenters. The molecular formula is C14H9N5O4S. The van der Waals surface area contributed by atoms with Crippen molar-refractivity contribution in [2.24, 2.45) is 5.73 Å². The van der Waals surface area contributed by atoms with Gasteiger partial charge in [0.25, 0.3) is 11.2 Å². The highest BCUT2D eigenvalue weighted by Gasteiger charge is 2.34. The van der Waals surface area contributed by atoms with Crippen molar-refractivity contribution in [3.8, 4) is 11.9 Å². The van der Waals surface area contributed by atoms with Crippen molar-refractivity contribution in [3.05, 3.63) is 72.1 Å².